The van der Waals surface area contributed by atoms with Crippen LogP contribution in [0.25, 0.3) is 21.7 Å². The van der Waals surface area contributed by atoms with Gasteiger partial charge in [0, 0.05) is 35.6 Å². The second-order valence-corrected chi connectivity index (χ2v) is 9.66. The van der Waals surface area contributed by atoms with Gasteiger partial charge in [-0.3, -0.25) is 4.90 Å². The summed E-state index contributed by atoms with van der Waals surface area (Å²) < 4.78 is 5.83. The Morgan fingerprint density at radius 2 is 1.71 bits per heavy atom. The molecule has 34 heavy (non-hydrogen) atoms. The first kappa shape index (κ1) is 19.9. The Labute approximate surface area is 200 Å². The van der Waals surface area contributed by atoms with Crippen molar-refractivity contribution < 1.29 is 4.74 Å². The fourth-order valence-corrected chi connectivity index (χ4v) is 6.20. The van der Waals surface area contributed by atoms with Gasteiger partial charge in [-0.25, -0.2) is 0 Å². The van der Waals surface area contributed by atoms with E-state index in [-0.39, 0.29) is 12.1 Å². The maximum Gasteiger partial charge on any atom is 0.122 e. The van der Waals surface area contributed by atoms with Gasteiger partial charge in [0.05, 0.1) is 12.6 Å². The third kappa shape index (κ3) is 3.00. The molecule has 0 saturated carbocycles. The quantitative estimate of drug-likeness (QED) is 0.326. The molecule has 0 spiro atoms. The molecule has 1 aromatic heterocycles. The second-order valence-electron chi connectivity index (χ2n) is 9.66. The molecular weight excluding hydrogens is 416 g/mol. The molecule has 0 fully saturated rings. The minimum atomic E-state index is 0.177. The minimum absolute atomic E-state index is 0.177. The Morgan fingerprint density at radius 1 is 0.882 bits per heavy atom. The SMILES string of the molecule is C[C@H](c1cccc2ccccc12)N1CCc2c([nH]c3ccccc23)C1c1ccc2c(c1)CCO2. The van der Waals surface area contributed by atoms with Crippen LogP contribution in [-0.2, 0) is 12.8 Å². The van der Waals surface area contributed by atoms with E-state index in [2.05, 4.69) is 102 Å². The van der Waals surface area contributed by atoms with Crippen molar-refractivity contribution in [2.45, 2.75) is 31.8 Å². The highest BCUT2D eigenvalue weighted by atomic mass is 16.5. The van der Waals surface area contributed by atoms with E-state index in [0.717, 1.165) is 31.7 Å². The molecule has 4 aromatic carbocycles. The number of aromatic nitrogens is 1. The second kappa shape index (κ2) is 7.75. The van der Waals surface area contributed by atoms with Crippen LogP contribution in [0, 0.1) is 0 Å². The van der Waals surface area contributed by atoms with Gasteiger partial charge >= 0.3 is 0 Å². The largest absolute Gasteiger partial charge is 0.493 e. The van der Waals surface area contributed by atoms with Gasteiger partial charge < -0.3 is 9.72 Å². The number of para-hydroxylation sites is 1. The molecule has 0 amide bonds. The van der Waals surface area contributed by atoms with Crippen molar-refractivity contribution in [2.24, 2.45) is 0 Å². The summed E-state index contributed by atoms with van der Waals surface area (Å²) in [6.07, 6.45) is 2.05. The lowest BCUT2D eigenvalue weighted by Gasteiger charge is -2.41. The summed E-state index contributed by atoms with van der Waals surface area (Å²) in [6.45, 7) is 4.19. The highest BCUT2D eigenvalue weighted by molar-refractivity contribution is 5.87. The van der Waals surface area contributed by atoms with Gasteiger partial charge in [-0.05, 0) is 58.5 Å². The third-order valence-corrected chi connectivity index (χ3v) is 7.87. The molecule has 1 unspecified atom stereocenters. The molecule has 0 saturated heterocycles. The number of ether oxygens (including phenoxy) is 1. The summed E-state index contributed by atoms with van der Waals surface area (Å²) >= 11 is 0. The third-order valence-electron chi connectivity index (χ3n) is 7.87. The maximum atomic E-state index is 5.83. The number of hydrogen-bond donors (Lipinski definition) is 1. The van der Waals surface area contributed by atoms with E-state index >= 15 is 0 Å². The van der Waals surface area contributed by atoms with E-state index < -0.39 is 0 Å². The number of nitrogens with one attached hydrogen (secondary N) is 1. The van der Waals surface area contributed by atoms with E-state index in [4.69, 9.17) is 4.74 Å². The van der Waals surface area contributed by atoms with Crippen LogP contribution in [0.1, 0.15) is 47.0 Å². The number of hydrogen-bond acceptors (Lipinski definition) is 2. The zero-order valence-corrected chi connectivity index (χ0v) is 19.4. The van der Waals surface area contributed by atoms with Crippen LogP contribution >= 0.6 is 0 Å². The zero-order valence-electron chi connectivity index (χ0n) is 19.4. The Bertz CT molecular complexity index is 1530. The van der Waals surface area contributed by atoms with E-state index in [0.29, 0.717) is 0 Å². The van der Waals surface area contributed by atoms with Crippen LogP contribution in [0.2, 0.25) is 0 Å². The predicted molar refractivity (Wildman–Crippen MR) is 139 cm³/mol. The summed E-state index contributed by atoms with van der Waals surface area (Å²) in [5, 5.41) is 4.02. The highest BCUT2D eigenvalue weighted by Crippen LogP contribution is 2.44. The van der Waals surface area contributed by atoms with E-state index in [9.17, 15) is 0 Å². The van der Waals surface area contributed by atoms with Crippen LogP contribution < -0.4 is 4.74 Å². The monoisotopic (exact) mass is 444 g/mol. The molecule has 0 bridgehead atoms. The van der Waals surface area contributed by atoms with Crippen molar-refractivity contribution in [2.75, 3.05) is 13.2 Å². The summed E-state index contributed by atoms with van der Waals surface area (Å²) in [6, 6.07) is 31.5. The van der Waals surface area contributed by atoms with Crippen LogP contribution in [0.4, 0.5) is 0 Å². The molecule has 3 nitrogen and oxygen atoms in total. The normalized spacial score (nSPS) is 18.6. The van der Waals surface area contributed by atoms with Gasteiger partial charge in [-0.15, -0.1) is 0 Å². The zero-order chi connectivity index (χ0) is 22.6. The molecular formula is C31H28N2O. The number of H-pyrrole nitrogens is 1. The number of fused-ring (bicyclic) bond motifs is 5. The highest BCUT2D eigenvalue weighted by Gasteiger charge is 2.35. The first-order valence-corrected chi connectivity index (χ1v) is 12.4. The average molecular weight is 445 g/mol. The minimum Gasteiger partial charge on any atom is -0.493 e. The molecule has 3 heterocycles. The summed E-state index contributed by atoms with van der Waals surface area (Å²) in [4.78, 5) is 6.52. The molecule has 0 radical (unpaired) electrons. The van der Waals surface area contributed by atoms with Crippen molar-refractivity contribution in [1.29, 1.82) is 0 Å². The Morgan fingerprint density at radius 3 is 2.65 bits per heavy atom. The Hall–Kier alpha value is -3.56. The number of nitrogens with zero attached hydrogens (tertiary/aromatic N) is 1. The molecule has 2 atom stereocenters. The van der Waals surface area contributed by atoms with Gasteiger partial charge in [-0.1, -0.05) is 72.8 Å². The Kier molecular flexibility index (Phi) is 4.53. The van der Waals surface area contributed by atoms with Gasteiger partial charge in [0.25, 0.3) is 0 Å². The van der Waals surface area contributed by atoms with Gasteiger partial charge in [0.1, 0.15) is 5.75 Å². The summed E-state index contributed by atoms with van der Waals surface area (Å²) in [5.41, 5.74) is 8.13. The smallest absolute Gasteiger partial charge is 0.122 e. The number of aromatic amines is 1. The first-order chi connectivity index (χ1) is 16.8. The van der Waals surface area contributed by atoms with Crippen molar-refractivity contribution in [1.82, 2.24) is 9.88 Å². The topological polar surface area (TPSA) is 28.3 Å². The van der Waals surface area contributed by atoms with Gasteiger partial charge in [0.15, 0.2) is 0 Å². The lowest BCUT2D eigenvalue weighted by Crippen LogP contribution is -2.38. The van der Waals surface area contributed by atoms with E-state index in [1.807, 2.05) is 0 Å². The van der Waals surface area contributed by atoms with Crippen LogP contribution in [0.3, 0.4) is 0 Å². The maximum absolute atomic E-state index is 5.83. The van der Waals surface area contributed by atoms with Crippen molar-refractivity contribution in [3.63, 3.8) is 0 Å². The number of rotatable bonds is 3. The van der Waals surface area contributed by atoms with Crippen molar-refractivity contribution in [3.8, 4) is 5.75 Å². The van der Waals surface area contributed by atoms with E-state index in [1.54, 1.807) is 0 Å². The molecule has 168 valence electrons. The van der Waals surface area contributed by atoms with Crippen molar-refractivity contribution >= 4 is 21.7 Å². The molecule has 2 aliphatic rings. The van der Waals surface area contributed by atoms with E-state index in [1.165, 1.54) is 49.6 Å². The lowest BCUT2D eigenvalue weighted by molar-refractivity contribution is 0.156. The average Bonchev–Trinajstić information content (AvgIpc) is 3.51. The fraction of sp³-hybridized carbons (Fsp3) is 0.226. The fourth-order valence-electron chi connectivity index (χ4n) is 6.20. The van der Waals surface area contributed by atoms with Crippen LogP contribution in [0.15, 0.2) is 84.9 Å². The molecule has 2 aliphatic heterocycles. The Balaban J connectivity index is 1.40. The van der Waals surface area contributed by atoms with Crippen LogP contribution in [0.5, 0.6) is 5.75 Å². The van der Waals surface area contributed by atoms with Crippen molar-refractivity contribution in [3.05, 3.63) is 113 Å². The molecule has 5 aromatic rings. The predicted octanol–water partition coefficient (Wildman–Crippen LogP) is 6.96. The summed E-state index contributed by atoms with van der Waals surface area (Å²) in [7, 11) is 0. The lowest BCUT2D eigenvalue weighted by atomic mass is 9.88. The molecule has 1 N–H and O–H groups in total. The molecule has 3 heteroatoms. The van der Waals surface area contributed by atoms with Gasteiger partial charge in [-0.2, -0.15) is 0 Å². The standard InChI is InChI=1S/C31H28N2O/c1-20(24-11-6-8-21-7-2-3-9-25(21)24)33-17-15-27-26-10-4-5-12-28(26)32-30(27)31(33)23-13-14-29-22(19-23)16-18-34-29/h2-14,19-20,31-32H,15-18H2,1H3/t20-,31?/m1/s1. The summed E-state index contributed by atoms with van der Waals surface area (Å²) in [5.74, 6) is 1.05. The van der Waals surface area contributed by atoms with Crippen LogP contribution in [-0.4, -0.2) is 23.0 Å². The molecule has 0 aliphatic carbocycles. The molecule has 7 rings (SSSR count). The van der Waals surface area contributed by atoms with Gasteiger partial charge in [0.2, 0.25) is 0 Å². The number of benzene rings is 4. The first-order valence-electron chi connectivity index (χ1n) is 12.4.